The lowest BCUT2D eigenvalue weighted by Gasteiger charge is -2.10. The molecular formula is C15H20ClNOS. The fraction of sp³-hybridized carbons (Fsp3) is 0.333. The van der Waals surface area contributed by atoms with Crippen LogP contribution in [0.1, 0.15) is 30.4 Å². The van der Waals surface area contributed by atoms with Crippen LogP contribution in [0.25, 0.3) is 0 Å². The number of thiophene rings is 1. The van der Waals surface area contributed by atoms with Gasteiger partial charge in [-0.25, -0.2) is 0 Å². The van der Waals surface area contributed by atoms with Crippen molar-refractivity contribution in [3.05, 3.63) is 57.2 Å². The molecule has 0 aliphatic heterocycles. The van der Waals surface area contributed by atoms with Gasteiger partial charge < -0.3 is 10.4 Å². The lowest BCUT2D eigenvalue weighted by atomic mass is 10.2. The van der Waals surface area contributed by atoms with Crippen LogP contribution in [0.4, 0.5) is 0 Å². The third-order valence-electron chi connectivity index (χ3n) is 2.48. The highest BCUT2D eigenvalue weighted by atomic mass is 35.5. The topological polar surface area (TPSA) is 32.3 Å². The van der Waals surface area contributed by atoms with Gasteiger partial charge >= 0.3 is 0 Å². The molecule has 0 saturated carbocycles. The molecule has 0 radical (unpaired) electrons. The third-order valence-corrected chi connectivity index (χ3v) is 3.82. The second-order valence-electron chi connectivity index (χ2n) is 3.75. The van der Waals surface area contributed by atoms with E-state index in [-0.39, 0.29) is 0 Å². The lowest BCUT2D eigenvalue weighted by Crippen LogP contribution is -2.20. The first-order valence-electron chi connectivity index (χ1n) is 6.43. The highest BCUT2D eigenvalue weighted by Gasteiger charge is 2.07. The number of aliphatic hydroxyl groups is 1. The first-order valence-corrected chi connectivity index (χ1v) is 7.68. The maximum atomic E-state index is 9.87. The van der Waals surface area contributed by atoms with Crippen molar-refractivity contribution in [2.45, 2.75) is 26.5 Å². The van der Waals surface area contributed by atoms with Gasteiger partial charge in [0.1, 0.15) is 6.10 Å². The minimum Gasteiger partial charge on any atom is -0.386 e. The van der Waals surface area contributed by atoms with Crippen LogP contribution in [0.2, 0.25) is 5.02 Å². The highest BCUT2D eigenvalue weighted by molar-refractivity contribution is 7.10. The van der Waals surface area contributed by atoms with Crippen molar-refractivity contribution in [2.24, 2.45) is 0 Å². The molecule has 1 aromatic heterocycles. The standard InChI is InChI=1S/C13H14ClNOS.C2H6/c14-11-5-2-1-4-10(11)8-15-9-12(16)13-6-3-7-17-13;1-2/h1-7,12,15-16H,8-9H2;1-2H3. The summed E-state index contributed by atoms with van der Waals surface area (Å²) in [5.41, 5.74) is 1.05. The Kier molecular flexibility index (Phi) is 7.75. The van der Waals surface area contributed by atoms with Crippen LogP contribution < -0.4 is 5.32 Å². The molecule has 0 aliphatic carbocycles. The van der Waals surface area contributed by atoms with Gasteiger partial charge in [-0.15, -0.1) is 11.3 Å². The summed E-state index contributed by atoms with van der Waals surface area (Å²) in [4.78, 5) is 0.983. The maximum Gasteiger partial charge on any atom is 0.101 e. The van der Waals surface area contributed by atoms with Gasteiger partial charge in [-0.1, -0.05) is 49.7 Å². The van der Waals surface area contributed by atoms with Crippen LogP contribution in [-0.2, 0) is 6.54 Å². The van der Waals surface area contributed by atoms with Crippen LogP contribution in [0, 0.1) is 0 Å². The summed E-state index contributed by atoms with van der Waals surface area (Å²) in [6, 6.07) is 11.6. The summed E-state index contributed by atoms with van der Waals surface area (Å²) < 4.78 is 0. The van der Waals surface area contributed by atoms with E-state index in [4.69, 9.17) is 11.6 Å². The summed E-state index contributed by atoms with van der Waals surface area (Å²) in [6.07, 6.45) is -0.447. The number of nitrogens with one attached hydrogen (secondary N) is 1. The smallest absolute Gasteiger partial charge is 0.101 e. The van der Waals surface area contributed by atoms with E-state index in [0.717, 1.165) is 15.5 Å². The van der Waals surface area contributed by atoms with E-state index >= 15 is 0 Å². The van der Waals surface area contributed by atoms with Gasteiger partial charge in [0.15, 0.2) is 0 Å². The Labute approximate surface area is 124 Å². The van der Waals surface area contributed by atoms with E-state index in [1.165, 1.54) is 0 Å². The first-order chi connectivity index (χ1) is 9.27. The van der Waals surface area contributed by atoms with E-state index in [9.17, 15) is 5.11 Å². The number of aliphatic hydroxyl groups excluding tert-OH is 1. The molecule has 0 bridgehead atoms. The monoisotopic (exact) mass is 297 g/mol. The number of hydrogen-bond acceptors (Lipinski definition) is 3. The van der Waals surface area contributed by atoms with E-state index in [0.29, 0.717) is 13.1 Å². The van der Waals surface area contributed by atoms with Crippen LogP contribution in [0.5, 0.6) is 0 Å². The molecule has 0 fully saturated rings. The second kappa shape index (κ2) is 9.10. The minimum atomic E-state index is -0.447. The van der Waals surface area contributed by atoms with Gasteiger partial charge in [0.05, 0.1) is 0 Å². The summed E-state index contributed by atoms with van der Waals surface area (Å²) in [5, 5.41) is 15.8. The molecule has 1 atom stereocenters. The number of rotatable bonds is 5. The molecule has 1 unspecified atom stereocenters. The predicted molar refractivity (Wildman–Crippen MR) is 83.8 cm³/mol. The van der Waals surface area contributed by atoms with Crippen molar-refractivity contribution in [3.8, 4) is 0 Å². The van der Waals surface area contributed by atoms with E-state index in [1.807, 2.05) is 55.6 Å². The van der Waals surface area contributed by atoms with Crippen molar-refractivity contribution in [3.63, 3.8) is 0 Å². The van der Waals surface area contributed by atoms with Crippen molar-refractivity contribution in [1.82, 2.24) is 5.32 Å². The molecule has 2 aromatic rings. The summed E-state index contributed by atoms with van der Waals surface area (Å²) in [7, 11) is 0. The summed E-state index contributed by atoms with van der Waals surface area (Å²) in [6.45, 7) is 5.20. The van der Waals surface area contributed by atoms with Crippen molar-refractivity contribution in [2.75, 3.05) is 6.54 Å². The van der Waals surface area contributed by atoms with Gasteiger partial charge in [-0.05, 0) is 23.1 Å². The quantitative estimate of drug-likeness (QED) is 0.864. The molecule has 2 nitrogen and oxygen atoms in total. The van der Waals surface area contributed by atoms with Gasteiger partial charge in [0.25, 0.3) is 0 Å². The first kappa shape index (κ1) is 16.2. The lowest BCUT2D eigenvalue weighted by molar-refractivity contribution is 0.178. The zero-order valence-corrected chi connectivity index (χ0v) is 12.8. The summed E-state index contributed by atoms with van der Waals surface area (Å²) in [5.74, 6) is 0. The molecule has 0 saturated heterocycles. The van der Waals surface area contributed by atoms with Gasteiger partial charge in [0.2, 0.25) is 0 Å². The average Bonchev–Trinajstić information content (AvgIpc) is 2.97. The normalized spacial score (nSPS) is 11.6. The average molecular weight is 298 g/mol. The Morgan fingerprint density at radius 1 is 1.21 bits per heavy atom. The maximum absolute atomic E-state index is 9.87. The number of hydrogen-bond donors (Lipinski definition) is 2. The SMILES string of the molecule is CC.OC(CNCc1ccccc1Cl)c1cccs1. The Bertz CT molecular complexity index is 459. The third kappa shape index (κ3) is 5.33. The predicted octanol–water partition coefficient (Wildman–Crippen LogP) is 4.25. The fourth-order valence-corrected chi connectivity index (χ4v) is 2.48. The van der Waals surface area contributed by atoms with Crippen molar-refractivity contribution >= 4 is 22.9 Å². The highest BCUT2D eigenvalue weighted by Crippen LogP contribution is 2.18. The Morgan fingerprint density at radius 2 is 1.95 bits per heavy atom. The number of benzene rings is 1. The van der Waals surface area contributed by atoms with Gasteiger partial charge in [-0.3, -0.25) is 0 Å². The number of halogens is 1. The molecule has 0 aliphatic rings. The molecule has 2 N–H and O–H groups in total. The van der Waals surface area contributed by atoms with E-state index in [1.54, 1.807) is 11.3 Å². The minimum absolute atomic E-state index is 0.447. The van der Waals surface area contributed by atoms with Crippen LogP contribution in [-0.4, -0.2) is 11.7 Å². The molecule has 19 heavy (non-hydrogen) atoms. The molecular weight excluding hydrogens is 278 g/mol. The van der Waals surface area contributed by atoms with Gasteiger partial charge in [-0.2, -0.15) is 0 Å². The van der Waals surface area contributed by atoms with Crippen LogP contribution >= 0.6 is 22.9 Å². The fourth-order valence-electron chi connectivity index (χ4n) is 1.57. The van der Waals surface area contributed by atoms with Crippen molar-refractivity contribution < 1.29 is 5.11 Å². The molecule has 0 amide bonds. The molecule has 1 heterocycles. The zero-order chi connectivity index (χ0) is 14.1. The zero-order valence-electron chi connectivity index (χ0n) is 11.3. The van der Waals surface area contributed by atoms with Crippen LogP contribution in [0.3, 0.4) is 0 Å². The Balaban J connectivity index is 0.000000861. The molecule has 0 spiro atoms. The Morgan fingerprint density at radius 3 is 2.58 bits per heavy atom. The van der Waals surface area contributed by atoms with Crippen LogP contribution in [0.15, 0.2) is 41.8 Å². The van der Waals surface area contributed by atoms with E-state index < -0.39 is 6.10 Å². The molecule has 1 aromatic carbocycles. The second-order valence-corrected chi connectivity index (χ2v) is 5.14. The van der Waals surface area contributed by atoms with E-state index in [2.05, 4.69) is 5.32 Å². The molecule has 2 rings (SSSR count). The largest absolute Gasteiger partial charge is 0.386 e. The van der Waals surface area contributed by atoms with Crippen molar-refractivity contribution in [1.29, 1.82) is 0 Å². The molecule has 4 heteroatoms. The summed E-state index contributed by atoms with van der Waals surface area (Å²) >= 11 is 7.60. The Hall–Kier alpha value is -0.870. The molecule has 104 valence electrons. The van der Waals surface area contributed by atoms with Gasteiger partial charge in [0, 0.05) is 23.0 Å².